The van der Waals surface area contributed by atoms with Crippen molar-refractivity contribution in [1.82, 2.24) is 10.2 Å². The summed E-state index contributed by atoms with van der Waals surface area (Å²) in [6.45, 7) is 2.84. The molecular formula is C16H21F3N2O2. The van der Waals surface area contributed by atoms with Crippen LogP contribution in [0, 0.1) is 0 Å². The molecule has 0 radical (unpaired) electrons. The lowest BCUT2D eigenvalue weighted by molar-refractivity contribution is -0.137. The first kappa shape index (κ1) is 17.7. The Morgan fingerprint density at radius 3 is 2.39 bits per heavy atom. The van der Waals surface area contributed by atoms with Crippen LogP contribution in [0.2, 0.25) is 0 Å². The lowest BCUT2D eigenvalue weighted by Gasteiger charge is -2.29. The van der Waals surface area contributed by atoms with E-state index in [0.717, 1.165) is 38.1 Å². The SMILES string of the molecule is O=C(Cc1ccc(C(F)(F)F)cc1)NCCN1CCC(O)CC1. The van der Waals surface area contributed by atoms with Gasteiger partial charge in [-0.3, -0.25) is 4.79 Å². The Labute approximate surface area is 133 Å². The predicted octanol–water partition coefficient (Wildman–Crippen LogP) is 1.82. The summed E-state index contributed by atoms with van der Waals surface area (Å²) in [6.07, 6.45) is -3.01. The second kappa shape index (κ2) is 7.79. The van der Waals surface area contributed by atoms with Crippen molar-refractivity contribution in [3.05, 3.63) is 35.4 Å². The highest BCUT2D eigenvalue weighted by Crippen LogP contribution is 2.29. The Bertz CT molecular complexity index is 509. The van der Waals surface area contributed by atoms with E-state index in [9.17, 15) is 23.1 Å². The standard InChI is InChI=1S/C16H21F3N2O2/c17-16(18,19)13-3-1-12(2-4-13)11-15(23)20-7-10-21-8-5-14(22)6-9-21/h1-4,14,22H,5-11H2,(H,20,23). The molecule has 0 aromatic heterocycles. The summed E-state index contributed by atoms with van der Waals surface area (Å²) in [5.41, 5.74) is -0.162. The van der Waals surface area contributed by atoms with E-state index in [1.54, 1.807) is 0 Å². The average molecular weight is 330 g/mol. The second-order valence-electron chi connectivity index (χ2n) is 5.79. The fourth-order valence-electron chi connectivity index (χ4n) is 2.56. The van der Waals surface area contributed by atoms with Crippen LogP contribution in [0.15, 0.2) is 24.3 Å². The fraction of sp³-hybridized carbons (Fsp3) is 0.562. The van der Waals surface area contributed by atoms with Crippen LogP contribution in [-0.4, -0.2) is 48.2 Å². The quantitative estimate of drug-likeness (QED) is 0.866. The van der Waals surface area contributed by atoms with Gasteiger partial charge >= 0.3 is 6.18 Å². The van der Waals surface area contributed by atoms with Crippen molar-refractivity contribution >= 4 is 5.91 Å². The molecule has 1 aromatic rings. The van der Waals surface area contributed by atoms with Crippen molar-refractivity contribution in [2.45, 2.75) is 31.5 Å². The summed E-state index contributed by atoms with van der Waals surface area (Å²) >= 11 is 0. The van der Waals surface area contributed by atoms with Gasteiger partial charge < -0.3 is 15.3 Å². The largest absolute Gasteiger partial charge is 0.416 e. The maximum Gasteiger partial charge on any atom is 0.416 e. The van der Waals surface area contributed by atoms with Crippen molar-refractivity contribution in [3.63, 3.8) is 0 Å². The highest BCUT2D eigenvalue weighted by atomic mass is 19.4. The van der Waals surface area contributed by atoms with Crippen LogP contribution >= 0.6 is 0 Å². The van der Waals surface area contributed by atoms with E-state index in [2.05, 4.69) is 10.2 Å². The monoisotopic (exact) mass is 330 g/mol. The van der Waals surface area contributed by atoms with Crippen LogP contribution in [0.5, 0.6) is 0 Å². The molecule has 0 unspecified atom stereocenters. The third-order valence-electron chi connectivity index (χ3n) is 3.95. The Morgan fingerprint density at radius 2 is 1.83 bits per heavy atom. The first-order valence-corrected chi connectivity index (χ1v) is 7.68. The molecule has 23 heavy (non-hydrogen) atoms. The number of hydrogen-bond acceptors (Lipinski definition) is 3. The fourth-order valence-corrected chi connectivity index (χ4v) is 2.56. The van der Waals surface area contributed by atoms with Crippen molar-refractivity contribution in [2.24, 2.45) is 0 Å². The number of nitrogens with one attached hydrogen (secondary N) is 1. The lowest BCUT2D eigenvalue weighted by Crippen LogP contribution is -2.41. The molecule has 0 atom stereocenters. The number of carbonyl (C=O) groups is 1. The molecule has 128 valence electrons. The molecule has 1 amide bonds. The zero-order valence-corrected chi connectivity index (χ0v) is 12.8. The molecule has 1 heterocycles. The molecule has 0 aliphatic carbocycles. The van der Waals surface area contributed by atoms with Gasteiger partial charge in [-0.15, -0.1) is 0 Å². The van der Waals surface area contributed by atoms with E-state index in [-0.39, 0.29) is 18.4 Å². The topological polar surface area (TPSA) is 52.6 Å². The second-order valence-corrected chi connectivity index (χ2v) is 5.79. The van der Waals surface area contributed by atoms with Gasteiger partial charge in [-0.05, 0) is 30.5 Å². The molecule has 1 saturated heterocycles. The maximum absolute atomic E-state index is 12.5. The van der Waals surface area contributed by atoms with Gasteiger partial charge in [0.15, 0.2) is 0 Å². The molecule has 4 nitrogen and oxygen atoms in total. The number of carbonyl (C=O) groups excluding carboxylic acids is 1. The van der Waals surface area contributed by atoms with Crippen LogP contribution < -0.4 is 5.32 Å². The number of rotatable bonds is 5. The third kappa shape index (κ3) is 5.84. The molecule has 1 aliphatic heterocycles. The molecular weight excluding hydrogens is 309 g/mol. The number of aliphatic hydroxyl groups is 1. The first-order chi connectivity index (χ1) is 10.8. The average Bonchev–Trinajstić information content (AvgIpc) is 2.49. The van der Waals surface area contributed by atoms with Crippen LogP contribution in [0.4, 0.5) is 13.2 Å². The van der Waals surface area contributed by atoms with Gasteiger partial charge in [-0.1, -0.05) is 12.1 Å². The number of benzene rings is 1. The molecule has 2 rings (SSSR count). The lowest BCUT2D eigenvalue weighted by atomic mass is 10.1. The zero-order chi connectivity index (χ0) is 16.9. The summed E-state index contributed by atoms with van der Waals surface area (Å²) in [6, 6.07) is 4.63. The van der Waals surface area contributed by atoms with E-state index in [1.165, 1.54) is 12.1 Å². The summed E-state index contributed by atoms with van der Waals surface area (Å²) in [7, 11) is 0. The minimum atomic E-state index is -4.36. The molecule has 7 heteroatoms. The molecule has 1 fully saturated rings. The Morgan fingerprint density at radius 1 is 1.22 bits per heavy atom. The zero-order valence-electron chi connectivity index (χ0n) is 12.8. The summed E-state index contributed by atoms with van der Waals surface area (Å²) < 4.78 is 37.4. The van der Waals surface area contributed by atoms with E-state index in [4.69, 9.17) is 0 Å². The highest BCUT2D eigenvalue weighted by Gasteiger charge is 2.29. The van der Waals surface area contributed by atoms with Crippen molar-refractivity contribution in [1.29, 1.82) is 0 Å². The number of alkyl halides is 3. The molecule has 1 aliphatic rings. The van der Waals surface area contributed by atoms with Crippen molar-refractivity contribution in [3.8, 4) is 0 Å². The van der Waals surface area contributed by atoms with Gasteiger partial charge in [-0.25, -0.2) is 0 Å². The molecule has 0 bridgehead atoms. The van der Waals surface area contributed by atoms with Gasteiger partial charge in [0.25, 0.3) is 0 Å². The van der Waals surface area contributed by atoms with E-state index in [0.29, 0.717) is 18.7 Å². The van der Waals surface area contributed by atoms with Gasteiger partial charge in [0.1, 0.15) is 0 Å². The Kier molecular flexibility index (Phi) is 6.01. The number of likely N-dealkylation sites (tertiary alicyclic amines) is 1. The minimum absolute atomic E-state index is 0.0663. The number of halogens is 3. The van der Waals surface area contributed by atoms with Gasteiger partial charge in [-0.2, -0.15) is 13.2 Å². The van der Waals surface area contributed by atoms with Crippen molar-refractivity contribution in [2.75, 3.05) is 26.2 Å². The van der Waals surface area contributed by atoms with Crippen LogP contribution in [-0.2, 0) is 17.4 Å². The summed E-state index contributed by atoms with van der Waals surface area (Å²) in [5, 5.41) is 12.2. The van der Waals surface area contributed by atoms with Gasteiger partial charge in [0, 0.05) is 26.2 Å². The molecule has 2 N–H and O–H groups in total. The summed E-state index contributed by atoms with van der Waals surface area (Å²) in [4.78, 5) is 14.0. The molecule has 0 saturated carbocycles. The van der Waals surface area contributed by atoms with E-state index < -0.39 is 11.7 Å². The van der Waals surface area contributed by atoms with Gasteiger partial charge in [0.2, 0.25) is 5.91 Å². The highest BCUT2D eigenvalue weighted by molar-refractivity contribution is 5.78. The molecule has 1 aromatic carbocycles. The van der Waals surface area contributed by atoms with Gasteiger partial charge in [0.05, 0.1) is 18.1 Å². The number of hydrogen-bond donors (Lipinski definition) is 2. The van der Waals surface area contributed by atoms with Crippen LogP contribution in [0.1, 0.15) is 24.0 Å². The number of aliphatic hydroxyl groups excluding tert-OH is 1. The normalized spacial score (nSPS) is 17.2. The first-order valence-electron chi connectivity index (χ1n) is 7.68. The number of piperidine rings is 1. The number of amides is 1. The third-order valence-corrected chi connectivity index (χ3v) is 3.95. The van der Waals surface area contributed by atoms with E-state index in [1.807, 2.05) is 0 Å². The number of nitrogens with zero attached hydrogens (tertiary/aromatic N) is 1. The molecule has 0 spiro atoms. The smallest absolute Gasteiger partial charge is 0.393 e. The van der Waals surface area contributed by atoms with Crippen LogP contribution in [0.25, 0.3) is 0 Å². The summed E-state index contributed by atoms with van der Waals surface area (Å²) in [5.74, 6) is -0.207. The minimum Gasteiger partial charge on any atom is -0.393 e. The van der Waals surface area contributed by atoms with Crippen LogP contribution in [0.3, 0.4) is 0 Å². The Hall–Kier alpha value is -1.60. The Balaban J connectivity index is 1.70. The van der Waals surface area contributed by atoms with Crippen molar-refractivity contribution < 1.29 is 23.1 Å². The van der Waals surface area contributed by atoms with E-state index >= 15 is 0 Å². The predicted molar refractivity (Wildman–Crippen MR) is 79.8 cm³/mol. The maximum atomic E-state index is 12.5.